The third kappa shape index (κ3) is 5.22. The van der Waals surface area contributed by atoms with Crippen LogP contribution in [-0.4, -0.2) is 36.3 Å². The van der Waals surface area contributed by atoms with Crippen molar-refractivity contribution in [2.45, 2.75) is 25.8 Å². The fraction of sp³-hybridized carbons (Fsp3) is 0.273. The quantitative estimate of drug-likeness (QED) is 0.544. The lowest BCUT2D eigenvalue weighted by Gasteiger charge is -2.26. The number of nitrogens with one attached hydrogen (secondary N) is 3. The SMILES string of the molecule is COc1cc(NC(=O)C(=O)NC(C)(C)Cc2ccc(O)cc2)ccc1C1=COCN1. The Morgan fingerprint density at radius 2 is 1.90 bits per heavy atom. The Balaban J connectivity index is 1.63. The van der Waals surface area contributed by atoms with Gasteiger partial charge in [0.05, 0.1) is 12.8 Å². The first-order valence-corrected chi connectivity index (χ1v) is 9.43. The van der Waals surface area contributed by atoms with Crippen LogP contribution in [0.25, 0.3) is 5.70 Å². The van der Waals surface area contributed by atoms with Crippen molar-refractivity contribution < 1.29 is 24.2 Å². The Morgan fingerprint density at radius 1 is 1.17 bits per heavy atom. The molecule has 0 atom stereocenters. The summed E-state index contributed by atoms with van der Waals surface area (Å²) in [6.07, 6.45) is 2.10. The van der Waals surface area contributed by atoms with Crippen LogP contribution < -0.4 is 20.7 Å². The molecule has 4 N–H and O–H groups in total. The first-order valence-electron chi connectivity index (χ1n) is 9.43. The Labute approximate surface area is 174 Å². The maximum atomic E-state index is 12.4. The van der Waals surface area contributed by atoms with Gasteiger partial charge in [-0.05, 0) is 50.1 Å². The maximum absolute atomic E-state index is 12.4. The van der Waals surface area contributed by atoms with Crippen LogP contribution in [0.5, 0.6) is 11.5 Å². The van der Waals surface area contributed by atoms with Crippen molar-refractivity contribution in [2.24, 2.45) is 0 Å². The van der Waals surface area contributed by atoms with Crippen molar-refractivity contribution in [3.63, 3.8) is 0 Å². The smallest absolute Gasteiger partial charge is 0.313 e. The first-order chi connectivity index (χ1) is 14.3. The molecule has 158 valence electrons. The van der Waals surface area contributed by atoms with Crippen molar-refractivity contribution in [3.8, 4) is 11.5 Å². The predicted octanol–water partition coefficient (Wildman–Crippen LogP) is 2.35. The predicted molar refractivity (Wildman–Crippen MR) is 113 cm³/mol. The Morgan fingerprint density at radius 3 is 2.53 bits per heavy atom. The van der Waals surface area contributed by atoms with Crippen LogP contribution in [0.4, 0.5) is 5.69 Å². The average molecular weight is 411 g/mol. The van der Waals surface area contributed by atoms with Crippen molar-refractivity contribution >= 4 is 23.2 Å². The molecular formula is C22H25N3O5. The molecule has 2 amide bonds. The van der Waals surface area contributed by atoms with Crippen LogP contribution in [0.3, 0.4) is 0 Å². The lowest BCUT2D eigenvalue weighted by atomic mass is 9.95. The van der Waals surface area contributed by atoms with Gasteiger partial charge in [-0.15, -0.1) is 0 Å². The number of methoxy groups -OCH3 is 1. The standard InChI is InChI=1S/C22H25N3O5/c1-22(2,11-14-4-7-16(26)8-5-14)25-21(28)20(27)24-15-6-9-17(19(10-15)29-3)18-12-30-13-23-18/h4-10,12,23,26H,11,13H2,1-3H3,(H,24,27)(H,25,28). The van der Waals surface area contributed by atoms with Gasteiger partial charge in [-0.25, -0.2) is 0 Å². The largest absolute Gasteiger partial charge is 0.508 e. The van der Waals surface area contributed by atoms with E-state index in [0.29, 0.717) is 24.6 Å². The molecule has 1 heterocycles. The summed E-state index contributed by atoms with van der Waals surface area (Å²) >= 11 is 0. The lowest BCUT2D eigenvalue weighted by Crippen LogP contribution is -2.49. The third-order valence-electron chi connectivity index (χ3n) is 4.54. The van der Waals surface area contributed by atoms with Crippen LogP contribution in [0.15, 0.2) is 48.7 Å². The van der Waals surface area contributed by atoms with Crippen molar-refractivity contribution in [1.29, 1.82) is 0 Å². The number of carbonyl (C=O) groups excluding carboxylic acids is 2. The minimum Gasteiger partial charge on any atom is -0.508 e. The second-order valence-electron chi connectivity index (χ2n) is 7.57. The highest BCUT2D eigenvalue weighted by molar-refractivity contribution is 6.39. The number of carbonyl (C=O) groups is 2. The molecular weight excluding hydrogens is 386 g/mol. The van der Waals surface area contributed by atoms with E-state index in [9.17, 15) is 14.7 Å². The number of hydrogen-bond donors (Lipinski definition) is 4. The van der Waals surface area contributed by atoms with Gasteiger partial charge >= 0.3 is 11.8 Å². The number of amides is 2. The summed E-state index contributed by atoms with van der Waals surface area (Å²) in [4.78, 5) is 24.8. The molecule has 0 aliphatic carbocycles. The molecule has 0 saturated heterocycles. The van der Waals surface area contributed by atoms with Gasteiger partial charge in [-0.3, -0.25) is 9.59 Å². The van der Waals surface area contributed by atoms with Crippen molar-refractivity contribution in [1.82, 2.24) is 10.6 Å². The number of hydrogen-bond acceptors (Lipinski definition) is 6. The van der Waals surface area contributed by atoms with Gasteiger partial charge in [-0.1, -0.05) is 12.1 Å². The lowest BCUT2D eigenvalue weighted by molar-refractivity contribution is -0.137. The molecule has 1 aliphatic rings. The molecule has 0 saturated carbocycles. The Hall–Kier alpha value is -3.68. The molecule has 3 rings (SSSR count). The van der Waals surface area contributed by atoms with Crippen LogP contribution in [0.2, 0.25) is 0 Å². The van der Waals surface area contributed by atoms with Crippen molar-refractivity contribution in [3.05, 3.63) is 59.9 Å². The van der Waals surface area contributed by atoms with E-state index in [2.05, 4.69) is 16.0 Å². The molecule has 0 radical (unpaired) electrons. The zero-order chi connectivity index (χ0) is 21.7. The van der Waals surface area contributed by atoms with Gasteiger partial charge in [0.15, 0.2) is 6.73 Å². The number of rotatable bonds is 6. The van der Waals surface area contributed by atoms with E-state index in [1.54, 1.807) is 48.7 Å². The molecule has 0 unspecified atom stereocenters. The third-order valence-corrected chi connectivity index (χ3v) is 4.54. The van der Waals surface area contributed by atoms with E-state index in [0.717, 1.165) is 16.8 Å². The summed E-state index contributed by atoms with van der Waals surface area (Å²) in [5.74, 6) is -0.806. The van der Waals surface area contributed by atoms with E-state index in [4.69, 9.17) is 9.47 Å². The summed E-state index contributed by atoms with van der Waals surface area (Å²) in [5.41, 5.74) is 2.27. The second kappa shape index (κ2) is 8.77. The minimum atomic E-state index is -0.773. The van der Waals surface area contributed by atoms with Gasteiger partial charge in [0.2, 0.25) is 0 Å². The first kappa shape index (κ1) is 21.0. The summed E-state index contributed by atoms with van der Waals surface area (Å²) in [6, 6.07) is 11.8. The van der Waals surface area contributed by atoms with E-state index in [-0.39, 0.29) is 5.75 Å². The van der Waals surface area contributed by atoms with Crippen molar-refractivity contribution in [2.75, 3.05) is 19.2 Å². The average Bonchev–Trinajstić information content (AvgIpc) is 3.23. The number of benzene rings is 2. The van der Waals surface area contributed by atoms with Gasteiger partial charge < -0.3 is 30.5 Å². The van der Waals surface area contributed by atoms with Gasteiger partial charge in [0, 0.05) is 22.9 Å². The fourth-order valence-electron chi connectivity index (χ4n) is 3.16. The Bertz CT molecular complexity index is 967. The number of anilines is 1. The highest BCUT2D eigenvalue weighted by Gasteiger charge is 2.25. The minimum absolute atomic E-state index is 0.175. The highest BCUT2D eigenvalue weighted by atomic mass is 16.5. The monoisotopic (exact) mass is 411 g/mol. The van der Waals surface area contributed by atoms with E-state index in [1.807, 2.05) is 13.8 Å². The van der Waals surface area contributed by atoms with Gasteiger partial charge in [-0.2, -0.15) is 0 Å². The zero-order valence-electron chi connectivity index (χ0n) is 17.1. The highest BCUT2D eigenvalue weighted by Crippen LogP contribution is 2.29. The van der Waals surface area contributed by atoms with Gasteiger partial charge in [0.1, 0.15) is 17.8 Å². The molecule has 0 bridgehead atoms. The number of phenols is 1. The molecule has 1 aliphatic heterocycles. The maximum Gasteiger partial charge on any atom is 0.313 e. The van der Waals surface area contributed by atoms with Crippen LogP contribution in [0, 0.1) is 0 Å². The molecule has 0 aromatic heterocycles. The number of ether oxygens (including phenoxy) is 2. The van der Waals surface area contributed by atoms with Crippen LogP contribution >= 0.6 is 0 Å². The Kier molecular flexibility index (Phi) is 6.15. The topological polar surface area (TPSA) is 109 Å². The summed E-state index contributed by atoms with van der Waals surface area (Å²) in [6.45, 7) is 4.04. The summed E-state index contributed by atoms with van der Waals surface area (Å²) < 4.78 is 10.6. The number of aromatic hydroxyl groups is 1. The fourth-order valence-corrected chi connectivity index (χ4v) is 3.16. The molecule has 0 fully saturated rings. The molecule has 2 aromatic rings. The zero-order valence-corrected chi connectivity index (χ0v) is 17.1. The molecule has 2 aromatic carbocycles. The molecule has 8 nitrogen and oxygen atoms in total. The number of phenolic OH excluding ortho intramolecular Hbond substituents is 1. The van der Waals surface area contributed by atoms with E-state index >= 15 is 0 Å². The summed E-state index contributed by atoms with van der Waals surface area (Å²) in [5, 5.41) is 17.8. The van der Waals surface area contributed by atoms with E-state index < -0.39 is 17.4 Å². The normalized spacial score (nSPS) is 13.0. The van der Waals surface area contributed by atoms with Crippen LogP contribution in [-0.2, 0) is 20.7 Å². The molecule has 8 heteroatoms. The van der Waals surface area contributed by atoms with Gasteiger partial charge in [0.25, 0.3) is 0 Å². The summed E-state index contributed by atoms with van der Waals surface area (Å²) in [7, 11) is 1.53. The molecule has 0 spiro atoms. The molecule has 30 heavy (non-hydrogen) atoms. The van der Waals surface area contributed by atoms with E-state index in [1.165, 1.54) is 7.11 Å². The van der Waals surface area contributed by atoms with Crippen LogP contribution in [0.1, 0.15) is 25.0 Å². The second-order valence-corrected chi connectivity index (χ2v) is 7.57.